The highest BCUT2D eigenvalue weighted by molar-refractivity contribution is 9.10. The largest absolute Gasteiger partial charge is 0.377 e. The van der Waals surface area contributed by atoms with Gasteiger partial charge in [-0.05, 0) is 44.5 Å². The van der Waals surface area contributed by atoms with Gasteiger partial charge in [-0.3, -0.25) is 0 Å². The van der Waals surface area contributed by atoms with E-state index in [2.05, 4.69) is 48.1 Å². The number of hydrogen-bond acceptors (Lipinski definition) is 2. The molecule has 0 radical (unpaired) electrons. The Morgan fingerprint density at radius 3 is 2.67 bits per heavy atom. The monoisotopic (exact) mass is 333 g/mol. The lowest BCUT2D eigenvalue weighted by atomic mass is 10.1. The maximum atomic E-state index is 6.24. The standard InChI is InChI=1S/C14H21BrClNO/c1-4-17-13(9-18-10(2)3)7-11-5-6-12(15)8-14(11)16/h5-6,8,10,13,17H,4,7,9H2,1-3H3. The zero-order valence-electron chi connectivity index (χ0n) is 11.2. The van der Waals surface area contributed by atoms with Crippen LogP contribution in [0.15, 0.2) is 22.7 Å². The van der Waals surface area contributed by atoms with Crippen LogP contribution in [0.3, 0.4) is 0 Å². The molecule has 0 aliphatic carbocycles. The summed E-state index contributed by atoms with van der Waals surface area (Å²) < 4.78 is 6.69. The van der Waals surface area contributed by atoms with Crippen LogP contribution in [0.25, 0.3) is 0 Å². The number of benzene rings is 1. The normalized spacial score (nSPS) is 13.0. The molecule has 102 valence electrons. The van der Waals surface area contributed by atoms with Gasteiger partial charge in [0.15, 0.2) is 0 Å². The lowest BCUT2D eigenvalue weighted by molar-refractivity contribution is 0.0616. The number of halogens is 2. The fraction of sp³-hybridized carbons (Fsp3) is 0.571. The molecule has 18 heavy (non-hydrogen) atoms. The van der Waals surface area contributed by atoms with Crippen LogP contribution < -0.4 is 5.32 Å². The van der Waals surface area contributed by atoms with E-state index < -0.39 is 0 Å². The lowest BCUT2D eigenvalue weighted by Crippen LogP contribution is -2.36. The van der Waals surface area contributed by atoms with E-state index in [1.807, 2.05) is 12.1 Å². The smallest absolute Gasteiger partial charge is 0.0626 e. The molecule has 1 aromatic rings. The molecule has 0 aliphatic rings. The van der Waals surface area contributed by atoms with E-state index in [1.54, 1.807) is 0 Å². The summed E-state index contributed by atoms with van der Waals surface area (Å²) in [6.07, 6.45) is 1.14. The van der Waals surface area contributed by atoms with Crippen molar-refractivity contribution in [3.05, 3.63) is 33.3 Å². The minimum Gasteiger partial charge on any atom is -0.377 e. The molecule has 0 saturated heterocycles. The second-order valence-corrected chi connectivity index (χ2v) is 5.90. The molecule has 1 atom stereocenters. The van der Waals surface area contributed by atoms with Crippen molar-refractivity contribution in [2.24, 2.45) is 0 Å². The third kappa shape index (κ3) is 5.70. The first-order valence-corrected chi connectivity index (χ1v) is 7.49. The van der Waals surface area contributed by atoms with Crippen LogP contribution in [0, 0.1) is 0 Å². The maximum Gasteiger partial charge on any atom is 0.0626 e. The molecule has 4 heteroatoms. The van der Waals surface area contributed by atoms with E-state index in [9.17, 15) is 0 Å². The van der Waals surface area contributed by atoms with Gasteiger partial charge in [-0.2, -0.15) is 0 Å². The fourth-order valence-corrected chi connectivity index (χ4v) is 2.49. The van der Waals surface area contributed by atoms with Gasteiger partial charge in [-0.15, -0.1) is 0 Å². The lowest BCUT2D eigenvalue weighted by Gasteiger charge is -2.20. The summed E-state index contributed by atoms with van der Waals surface area (Å²) in [4.78, 5) is 0. The highest BCUT2D eigenvalue weighted by Crippen LogP contribution is 2.22. The van der Waals surface area contributed by atoms with E-state index in [1.165, 1.54) is 0 Å². The molecule has 0 bridgehead atoms. The fourth-order valence-electron chi connectivity index (χ4n) is 1.74. The summed E-state index contributed by atoms with van der Waals surface area (Å²) in [6, 6.07) is 6.32. The van der Waals surface area contributed by atoms with Crippen molar-refractivity contribution in [3.8, 4) is 0 Å². The Morgan fingerprint density at radius 2 is 2.11 bits per heavy atom. The Kier molecular flexibility index (Phi) is 7.23. The average molecular weight is 335 g/mol. The quantitative estimate of drug-likeness (QED) is 0.812. The summed E-state index contributed by atoms with van der Waals surface area (Å²) in [5.41, 5.74) is 1.15. The average Bonchev–Trinajstić information content (AvgIpc) is 2.29. The van der Waals surface area contributed by atoms with Crippen molar-refractivity contribution < 1.29 is 4.74 Å². The van der Waals surface area contributed by atoms with Crippen molar-refractivity contribution in [2.75, 3.05) is 13.2 Å². The van der Waals surface area contributed by atoms with Gasteiger partial charge in [0.05, 0.1) is 12.7 Å². The highest BCUT2D eigenvalue weighted by Gasteiger charge is 2.12. The molecule has 0 aliphatic heterocycles. The predicted octanol–water partition coefficient (Wildman–Crippen LogP) is 4.05. The van der Waals surface area contributed by atoms with Gasteiger partial charge < -0.3 is 10.1 Å². The van der Waals surface area contributed by atoms with Gasteiger partial charge >= 0.3 is 0 Å². The molecule has 0 aromatic heterocycles. The zero-order valence-corrected chi connectivity index (χ0v) is 13.5. The van der Waals surface area contributed by atoms with Crippen molar-refractivity contribution in [1.29, 1.82) is 0 Å². The van der Waals surface area contributed by atoms with Crippen LogP contribution in [-0.2, 0) is 11.2 Å². The summed E-state index contributed by atoms with van der Waals surface area (Å²) >= 11 is 9.66. The Labute approximate surface area is 123 Å². The number of nitrogens with one attached hydrogen (secondary N) is 1. The second-order valence-electron chi connectivity index (χ2n) is 4.58. The first-order valence-electron chi connectivity index (χ1n) is 6.31. The molecule has 0 spiro atoms. The van der Waals surface area contributed by atoms with Crippen molar-refractivity contribution in [1.82, 2.24) is 5.32 Å². The third-order valence-corrected chi connectivity index (χ3v) is 3.45. The first-order chi connectivity index (χ1) is 8.52. The molecular weight excluding hydrogens is 314 g/mol. The minimum absolute atomic E-state index is 0.256. The van der Waals surface area contributed by atoms with Crippen LogP contribution in [-0.4, -0.2) is 25.3 Å². The van der Waals surface area contributed by atoms with Crippen LogP contribution in [0.5, 0.6) is 0 Å². The van der Waals surface area contributed by atoms with Crippen molar-refractivity contribution in [2.45, 2.75) is 39.3 Å². The van der Waals surface area contributed by atoms with E-state index in [0.717, 1.165) is 28.0 Å². The van der Waals surface area contributed by atoms with E-state index in [0.29, 0.717) is 12.6 Å². The van der Waals surface area contributed by atoms with Crippen molar-refractivity contribution in [3.63, 3.8) is 0 Å². The highest BCUT2D eigenvalue weighted by atomic mass is 79.9. The first kappa shape index (κ1) is 16.0. The Bertz CT molecular complexity index is 371. The topological polar surface area (TPSA) is 21.3 Å². The van der Waals surface area contributed by atoms with E-state index in [4.69, 9.17) is 16.3 Å². The molecule has 1 aromatic carbocycles. The summed E-state index contributed by atoms with van der Waals surface area (Å²) in [7, 11) is 0. The maximum absolute atomic E-state index is 6.24. The third-order valence-electron chi connectivity index (χ3n) is 2.60. The van der Waals surface area contributed by atoms with Gasteiger partial charge in [0.1, 0.15) is 0 Å². The second kappa shape index (κ2) is 8.16. The molecule has 0 fully saturated rings. The van der Waals surface area contributed by atoms with Gasteiger partial charge in [0.2, 0.25) is 0 Å². The molecule has 0 amide bonds. The number of likely N-dealkylation sites (N-methyl/N-ethyl adjacent to an activating group) is 1. The Balaban J connectivity index is 2.64. The molecule has 0 heterocycles. The molecule has 1 N–H and O–H groups in total. The number of hydrogen-bond donors (Lipinski definition) is 1. The van der Waals surface area contributed by atoms with Crippen molar-refractivity contribution >= 4 is 27.5 Å². The molecule has 1 rings (SSSR count). The van der Waals surface area contributed by atoms with Crippen LogP contribution in [0.4, 0.5) is 0 Å². The SMILES string of the molecule is CCNC(COC(C)C)Cc1ccc(Br)cc1Cl. The Hall–Kier alpha value is -0.0900. The molecule has 1 unspecified atom stereocenters. The summed E-state index contributed by atoms with van der Waals surface area (Å²) in [6.45, 7) is 7.84. The molecule has 2 nitrogen and oxygen atoms in total. The van der Waals surface area contributed by atoms with Gasteiger partial charge in [-0.1, -0.05) is 40.5 Å². The Morgan fingerprint density at radius 1 is 1.39 bits per heavy atom. The minimum atomic E-state index is 0.256. The zero-order chi connectivity index (χ0) is 13.5. The van der Waals surface area contributed by atoms with Gasteiger partial charge in [-0.25, -0.2) is 0 Å². The summed E-state index contributed by atoms with van der Waals surface area (Å²) in [5, 5.41) is 4.24. The van der Waals surface area contributed by atoms with E-state index >= 15 is 0 Å². The van der Waals surface area contributed by atoms with Gasteiger partial charge in [0.25, 0.3) is 0 Å². The van der Waals surface area contributed by atoms with E-state index in [-0.39, 0.29) is 6.10 Å². The molecule has 0 saturated carbocycles. The van der Waals surface area contributed by atoms with Crippen LogP contribution >= 0.6 is 27.5 Å². The molecular formula is C14H21BrClNO. The summed E-state index contributed by atoms with van der Waals surface area (Å²) in [5.74, 6) is 0. The number of rotatable bonds is 7. The van der Waals surface area contributed by atoms with Gasteiger partial charge in [0, 0.05) is 15.5 Å². The van der Waals surface area contributed by atoms with Crippen LogP contribution in [0.1, 0.15) is 26.3 Å². The predicted molar refractivity (Wildman–Crippen MR) is 81.4 cm³/mol. The number of ether oxygens (including phenoxy) is 1. The van der Waals surface area contributed by atoms with Crippen LogP contribution in [0.2, 0.25) is 5.02 Å².